The number of hydrogen-bond acceptors (Lipinski definition) is 6. The van der Waals surface area contributed by atoms with Gasteiger partial charge in [-0.2, -0.15) is 0 Å². The van der Waals surface area contributed by atoms with Gasteiger partial charge in [-0.3, -0.25) is 4.68 Å². The maximum atomic E-state index is 4.46. The minimum absolute atomic E-state index is 0.835. The lowest BCUT2D eigenvalue weighted by atomic mass is 10.5. The largest absolute Gasteiger partial charge is 0.349 e. The Labute approximate surface area is 117 Å². The molecule has 19 heavy (non-hydrogen) atoms. The normalized spacial score (nSPS) is 10.8. The van der Waals surface area contributed by atoms with Crippen LogP contribution in [0.1, 0.15) is 18.7 Å². The Morgan fingerprint density at radius 3 is 2.89 bits per heavy atom. The van der Waals surface area contributed by atoms with Crippen LogP contribution in [0.15, 0.2) is 18.6 Å². The highest BCUT2D eigenvalue weighted by Crippen LogP contribution is 2.21. The van der Waals surface area contributed by atoms with E-state index in [1.54, 1.807) is 17.5 Å². The third-order valence-electron chi connectivity index (χ3n) is 2.86. The van der Waals surface area contributed by atoms with Crippen molar-refractivity contribution in [2.24, 2.45) is 0 Å². The van der Waals surface area contributed by atoms with E-state index in [-0.39, 0.29) is 0 Å². The molecule has 0 spiro atoms. The van der Waals surface area contributed by atoms with Crippen molar-refractivity contribution in [2.45, 2.75) is 26.9 Å². The zero-order chi connectivity index (χ0) is 13.5. The lowest BCUT2D eigenvalue weighted by molar-refractivity contribution is 0.541. The van der Waals surface area contributed by atoms with Gasteiger partial charge in [-0.25, -0.2) is 4.98 Å². The molecule has 0 fully saturated rings. The van der Waals surface area contributed by atoms with Gasteiger partial charge in [-0.1, -0.05) is 5.21 Å². The molecule has 0 aliphatic rings. The fourth-order valence-corrected chi connectivity index (χ4v) is 2.78. The number of anilines is 1. The first kappa shape index (κ1) is 14.0. The Kier molecular flexibility index (Phi) is 5.29. The van der Waals surface area contributed by atoms with E-state index in [9.17, 15) is 0 Å². The zero-order valence-electron chi connectivity index (χ0n) is 11.4. The molecule has 0 saturated heterocycles. The van der Waals surface area contributed by atoms with Crippen molar-refractivity contribution in [3.8, 4) is 0 Å². The number of hydrogen-bond donors (Lipinski definition) is 1. The summed E-state index contributed by atoms with van der Waals surface area (Å²) in [4.78, 5) is 8.00. The fraction of sp³-hybridized carbons (Fsp3) is 0.583. The van der Waals surface area contributed by atoms with Crippen molar-refractivity contribution >= 4 is 16.5 Å². The van der Waals surface area contributed by atoms with Gasteiger partial charge in [0, 0.05) is 43.4 Å². The Balaban J connectivity index is 1.74. The van der Waals surface area contributed by atoms with E-state index in [4.69, 9.17) is 0 Å². The van der Waals surface area contributed by atoms with Gasteiger partial charge in [0.1, 0.15) is 0 Å². The van der Waals surface area contributed by atoms with E-state index < -0.39 is 0 Å². The van der Waals surface area contributed by atoms with E-state index in [1.807, 2.05) is 17.1 Å². The molecule has 2 aromatic heterocycles. The molecular formula is C12H20N6S. The summed E-state index contributed by atoms with van der Waals surface area (Å²) in [6.45, 7) is 8.88. The van der Waals surface area contributed by atoms with E-state index in [1.165, 1.54) is 4.88 Å². The molecule has 1 N–H and O–H groups in total. The third-order valence-corrected chi connectivity index (χ3v) is 3.92. The summed E-state index contributed by atoms with van der Waals surface area (Å²) in [7, 11) is 0. The second-order valence-electron chi connectivity index (χ2n) is 4.12. The van der Waals surface area contributed by atoms with Gasteiger partial charge >= 0.3 is 0 Å². The minimum Gasteiger partial charge on any atom is -0.349 e. The minimum atomic E-state index is 0.835. The smallest absolute Gasteiger partial charge is 0.185 e. The molecule has 104 valence electrons. The summed E-state index contributed by atoms with van der Waals surface area (Å²) in [5, 5.41) is 12.2. The van der Waals surface area contributed by atoms with Crippen molar-refractivity contribution in [2.75, 3.05) is 24.5 Å². The van der Waals surface area contributed by atoms with Crippen LogP contribution in [0, 0.1) is 0 Å². The first-order valence-corrected chi connectivity index (χ1v) is 7.39. The predicted molar refractivity (Wildman–Crippen MR) is 77.4 cm³/mol. The number of nitrogens with zero attached hydrogens (tertiary/aromatic N) is 5. The number of nitrogens with one attached hydrogen (secondary N) is 1. The van der Waals surface area contributed by atoms with E-state index in [0.29, 0.717) is 0 Å². The molecule has 0 aliphatic heterocycles. The highest BCUT2D eigenvalue weighted by atomic mass is 32.1. The van der Waals surface area contributed by atoms with Gasteiger partial charge in [0.25, 0.3) is 0 Å². The number of thiazole rings is 1. The van der Waals surface area contributed by atoms with Crippen LogP contribution < -0.4 is 10.2 Å². The molecule has 2 heterocycles. The van der Waals surface area contributed by atoms with Gasteiger partial charge in [-0.15, -0.1) is 16.4 Å². The van der Waals surface area contributed by atoms with Crippen LogP contribution in [0.5, 0.6) is 0 Å². The van der Waals surface area contributed by atoms with E-state index in [2.05, 4.69) is 39.4 Å². The lowest BCUT2D eigenvalue weighted by Crippen LogP contribution is -2.21. The molecule has 0 atom stereocenters. The molecule has 2 rings (SSSR count). The maximum absolute atomic E-state index is 4.46. The Morgan fingerprint density at radius 1 is 1.37 bits per heavy atom. The molecule has 0 bridgehead atoms. The first-order chi connectivity index (χ1) is 9.33. The summed E-state index contributed by atoms with van der Waals surface area (Å²) in [6.07, 6.45) is 5.52. The van der Waals surface area contributed by atoms with Crippen molar-refractivity contribution in [3.05, 3.63) is 23.5 Å². The molecule has 0 amide bonds. The van der Waals surface area contributed by atoms with Gasteiger partial charge < -0.3 is 10.2 Å². The molecule has 7 heteroatoms. The van der Waals surface area contributed by atoms with Gasteiger partial charge in [-0.05, 0) is 13.8 Å². The fourth-order valence-electron chi connectivity index (χ4n) is 1.78. The van der Waals surface area contributed by atoms with Crippen molar-refractivity contribution < 1.29 is 0 Å². The summed E-state index contributed by atoms with van der Waals surface area (Å²) >= 11 is 1.76. The maximum Gasteiger partial charge on any atom is 0.185 e. The van der Waals surface area contributed by atoms with Gasteiger partial charge in [0.2, 0.25) is 0 Å². The predicted octanol–water partition coefficient (Wildman–Crippen LogP) is 1.37. The monoisotopic (exact) mass is 280 g/mol. The summed E-state index contributed by atoms with van der Waals surface area (Å²) in [6, 6.07) is 0. The molecule has 0 saturated carbocycles. The lowest BCUT2D eigenvalue weighted by Gasteiger charge is -2.16. The van der Waals surface area contributed by atoms with E-state index >= 15 is 0 Å². The van der Waals surface area contributed by atoms with Crippen LogP contribution in [-0.4, -0.2) is 39.6 Å². The average molecular weight is 280 g/mol. The van der Waals surface area contributed by atoms with E-state index in [0.717, 1.165) is 37.9 Å². The van der Waals surface area contributed by atoms with Crippen LogP contribution in [0.25, 0.3) is 0 Å². The second-order valence-corrected chi connectivity index (χ2v) is 5.22. The Hall–Kier alpha value is -1.47. The number of aromatic nitrogens is 4. The van der Waals surface area contributed by atoms with Crippen molar-refractivity contribution in [3.63, 3.8) is 0 Å². The first-order valence-electron chi connectivity index (χ1n) is 6.58. The van der Waals surface area contributed by atoms with Crippen LogP contribution in [0.2, 0.25) is 0 Å². The molecule has 2 aromatic rings. The summed E-state index contributed by atoms with van der Waals surface area (Å²) in [5.74, 6) is 0. The quantitative estimate of drug-likeness (QED) is 0.740. The molecule has 0 aromatic carbocycles. The molecular weight excluding hydrogens is 260 g/mol. The third kappa shape index (κ3) is 4.00. The second kappa shape index (κ2) is 7.20. The SMILES string of the molecule is CCN(CC)c1ncc(CNCCn2ccnn2)s1. The summed E-state index contributed by atoms with van der Waals surface area (Å²) in [5.41, 5.74) is 0. The highest BCUT2D eigenvalue weighted by Gasteiger charge is 2.07. The topological polar surface area (TPSA) is 58.9 Å². The van der Waals surface area contributed by atoms with Gasteiger partial charge in [0.05, 0.1) is 12.7 Å². The average Bonchev–Trinajstić information content (AvgIpc) is 3.08. The molecule has 0 unspecified atom stereocenters. The van der Waals surface area contributed by atoms with Crippen molar-refractivity contribution in [1.29, 1.82) is 0 Å². The standard InChI is InChI=1S/C12H20N6S/c1-3-17(4-2)12-14-10-11(19-12)9-13-5-7-18-8-6-15-16-18/h6,8,10,13H,3-5,7,9H2,1-2H3. The summed E-state index contributed by atoms with van der Waals surface area (Å²) < 4.78 is 1.82. The van der Waals surface area contributed by atoms with Gasteiger partial charge in [0.15, 0.2) is 5.13 Å². The zero-order valence-corrected chi connectivity index (χ0v) is 12.2. The highest BCUT2D eigenvalue weighted by molar-refractivity contribution is 7.15. The van der Waals surface area contributed by atoms with Crippen LogP contribution in [0.3, 0.4) is 0 Å². The molecule has 6 nitrogen and oxygen atoms in total. The Morgan fingerprint density at radius 2 is 2.21 bits per heavy atom. The van der Waals surface area contributed by atoms with Crippen LogP contribution in [0.4, 0.5) is 5.13 Å². The van der Waals surface area contributed by atoms with Crippen molar-refractivity contribution in [1.82, 2.24) is 25.3 Å². The molecule has 0 aliphatic carbocycles. The number of rotatable bonds is 8. The molecule has 0 radical (unpaired) electrons. The Bertz CT molecular complexity index is 462. The van der Waals surface area contributed by atoms with Crippen LogP contribution in [-0.2, 0) is 13.1 Å². The van der Waals surface area contributed by atoms with Crippen LogP contribution >= 0.6 is 11.3 Å².